The highest BCUT2D eigenvalue weighted by Gasteiger charge is 2.09. The Morgan fingerprint density at radius 3 is 2.50 bits per heavy atom. The molecule has 1 aromatic heterocycles. The van der Waals surface area contributed by atoms with Crippen molar-refractivity contribution in [1.29, 1.82) is 0 Å². The number of hydrogen-bond donors (Lipinski definition) is 1. The topological polar surface area (TPSA) is 37.9 Å². The van der Waals surface area contributed by atoms with Crippen LogP contribution < -0.4 is 4.74 Å². The predicted octanol–water partition coefficient (Wildman–Crippen LogP) is 5.46. The molecule has 0 unspecified atom stereocenters. The molecule has 4 aromatic rings. The van der Waals surface area contributed by atoms with E-state index in [1.807, 2.05) is 72.8 Å². The molecule has 1 N–H and O–H groups in total. The highest BCUT2D eigenvalue weighted by atomic mass is 35.5. The summed E-state index contributed by atoms with van der Waals surface area (Å²) in [6.45, 7) is 0.491. The molecule has 24 heavy (non-hydrogen) atoms. The molecule has 0 saturated carbocycles. The van der Waals surface area contributed by atoms with Crippen LogP contribution in [0, 0.1) is 0 Å². The van der Waals surface area contributed by atoms with Gasteiger partial charge >= 0.3 is 0 Å². The number of rotatable bonds is 4. The van der Waals surface area contributed by atoms with Crippen LogP contribution in [0.25, 0.3) is 22.4 Å². The second kappa shape index (κ2) is 6.38. The fourth-order valence-electron chi connectivity index (χ4n) is 2.59. The Labute approximate surface area is 144 Å². The first-order valence-electron chi connectivity index (χ1n) is 7.71. The number of nitrogens with zero attached hydrogens (tertiary/aromatic N) is 1. The summed E-state index contributed by atoms with van der Waals surface area (Å²) in [5.74, 6) is 1.47. The van der Waals surface area contributed by atoms with Crippen LogP contribution in [0.1, 0.15) is 5.56 Å². The highest BCUT2D eigenvalue weighted by Crippen LogP contribution is 2.30. The van der Waals surface area contributed by atoms with Gasteiger partial charge in [0, 0.05) is 5.56 Å². The van der Waals surface area contributed by atoms with Crippen molar-refractivity contribution in [3.63, 3.8) is 0 Å². The van der Waals surface area contributed by atoms with Gasteiger partial charge in [0.2, 0.25) is 0 Å². The SMILES string of the molecule is Clc1cc(-c2nc3ccccc3[nH]2)ccc1OCc1ccccc1. The lowest BCUT2D eigenvalue weighted by molar-refractivity contribution is 0.306. The molecule has 0 saturated heterocycles. The van der Waals surface area contributed by atoms with Crippen LogP contribution in [0.3, 0.4) is 0 Å². The van der Waals surface area contributed by atoms with Crippen LogP contribution in [-0.2, 0) is 6.61 Å². The monoisotopic (exact) mass is 334 g/mol. The van der Waals surface area contributed by atoms with Gasteiger partial charge in [0.15, 0.2) is 0 Å². The van der Waals surface area contributed by atoms with Crippen LogP contribution >= 0.6 is 11.6 Å². The quantitative estimate of drug-likeness (QED) is 0.538. The van der Waals surface area contributed by atoms with Crippen LogP contribution in [-0.4, -0.2) is 9.97 Å². The molecular formula is C20H15ClN2O. The zero-order valence-corrected chi connectivity index (χ0v) is 13.6. The molecule has 4 rings (SSSR count). The van der Waals surface area contributed by atoms with E-state index >= 15 is 0 Å². The Kier molecular flexibility index (Phi) is 3.93. The lowest BCUT2D eigenvalue weighted by Crippen LogP contribution is -1.95. The Balaban J connectivity index is 1.57. The van der Waals surface area contributed by atoms with E-state index < -0.39 is 0 Å². The molecule has 3 aromatic carbocycles. The minimum absolute atomic E-state index is 0.491. The van der Waals surface area contributed by atoms with E-state index in [-0.39, 0.29) is 0 Å². The van der Waals surface area contributed by atoms with Gasteiger partial charge in [0.1, 0.15) is 18.2 Å². The summed E-state index contributed by atoms with van der Waals surface area (Å²) in [4.78, 5) is 7.90. The third kappa shape index (κ3) is 2.99. The van der Waals surface area contributed by atoms with Crippen molar-refractivity contribution in [2.24, 2.45) is 0 Å². The number of benzene rings is 3. The third-order valence-corrected chi connectivity index (χ3v) is 4.13. The van der Waals surface area contributed by atoms with Gasteiger partial charge < -0.3 is 9.72 Å². The fraction of sp³-hybridized carbons (Fsp3) is 0.0500. The number of aromatic nitrogens is 2. The number of ether oxygens (including phenoxy) is 1. The lowest BCUT2D eigenvalue weighted by atomic mass is 10.2. The van der Waals surface area contributed by atoms with Crippen molar-refractivity contribution in [3.05, 3.63) is 83.4 Å². The van der Waals surface area contributed by atoms with Gasteiger partial charge in [-0.1, -0.05) is 54.1 Å². The van der Waals surface area contributed by atoms with E-state index in [1.165, 1.54) is 0 Å². The molecule has 0 aliphatic carbocycles. The largest absolute Gasteiger partial charge is 0.487 e. The number of imidazole rings is 1. The molecule has 0 bridgehead atoms. The van der Waals surface area contributed by atoms with Crippen molar-refractivity contribution >= 4 is 22.6 Å². The van der Waals surface area contributed by atoms with Crippen LogP contribution in [0.2, 0.25) is 5.02 Å². The highest BCUT2D eigenvalue weighted by molar-refractivity contribution is 6.32. The van der Waals surface area contributed by atoms with E-state index in [9.17, 15) is 0 Å². The van der Waals surface area contributed by atoms with Gasteiger partial charge in [0.25, 0.3) is 0 Å². The van der Waals surface area contributed by atoms with Gasteiger partial charge in [-0.05, 0) is 35.9 Å². The predicted molar refractivity (Wildman–Crippen MR) is 97.3 cm³/mol. The smallest absolute Gasteiger partial charge is 0.138 e. The molecule has 0 radical (unpaired) electrons. The van der Waals surface area contributed by atoms with E-state index in [2.05, 4.69) is 9.97 Å². The summed E-state index contributed by atoms with van der Waals surface area (Å²) in [6.07, 6.45) is 0. The van der Waals surface area contributed by atoms with E-state index in [0.29, 0.717) is 17.4 Å². The molecule has 4 heteroatoms. The zero-order valence-electron chi connectivity index (χ0n) is 12.9. The Hall–Kier alpha value is -2.78. The second-order valence-electron chi connectivity index (χ2n) is 5.52. The maximum atomic E-state index is 6.38. The Morgan fingerprint density at radius 1 is 0.917 bits per heavy atom. The van der Waals surface area contributed by atoms with Crippen LogP contribution in [0.15, 0.2) is 72.8 Å². The molecule has 3 nitrogen and oxygen atoms in total. The molecule has 1 heterocycles. The molecule has 0 amide bonds. The first kappa shape index (κ1) is 14.8. The summed E-state index contributed by atoms with van der Waals surface area (Å²) in [7, 11) is 0. The number of hydrogen-bond acceptors (Lipinski definition) is 2. The van der Waals surface area contributed by atoms with Crippen LogP contribution in [0.5, 0.6) is 5.75 Å². The maximum absolute atomic E-state index is 6.38. The van der Waals surface area contributed by atoms with Crippen molar-refractivity contribution in [1.82, 2.24) is 9.97 Å². The van der Waals surface area contributed by atoms with Crippen molar-refractivity contribution in [2.45, 2.75) is 6.61 Å². The van der Waals surface area contributed by atoms with Crippen molar-refractivity contribution in [2.75, 3.05) is 0 Å². The number of aromatic amines is 1. The Morgan fingerprint density at radius 2 is 1.71 bits per heavy atom. The normalized spacial score (nSPS) is 10.9. The van der Waals surface area contributed by atoms with Gasteiger partial charge in [0.05, 0.1) is 16.1 Å². The standard InChI is InChI=1S/C20H15ClN2O/c21-16-12-15(20-22-17-8-4-5-9-18(17)23-20)10-11-19(16)24-13-14-6-2-1-3-7-14/h1-12H,13H2,(H,22,23). The maximum Gasteiger partial charge on any atom is 0.138 e. The summed E-state index contributed by atoms with van der Waals surface area (Å²) in [5.41, 5.74) is 3.99. The van der Waals surface area contributed by atoms with Gasteiger partial charge in [-0.15, -0.1) is 0 Å². The number of nitrogens with one attached hydrogen (secondary N) is 1. The minimum atomic E-state index is 0.491. The first-order valence-corrected chi connectivity index (χ1v) is 8.09. The molecule has 0 aliphatic rings. The molecular weight excluding hydrogens is 320 g/mol. The number of halogens is 1. The molecule has 0 atom stereocenters. The Bertz CT molecular complexity index is 946. The van der Waals surface area contributed by atoms with E-state index in [0.717, 1.165) is 28.0 Å². The molecule has 0 fully saturated rings. The fourth-order valence-corrected chi connectivity index (χ4v) is 2.83. The number of H-pyrrole nitrogens is 1. The van der Waals surface area contributed by atoms with Gasteiger partial charge in [-0.3, -0.25) is 0 Å². The number of fused-ring (bicyclic) bond motifs is 1. The summed E-state index contributed by atoms with van der Waals surface area (Å²) < 4.78 is 5.81. The summed E-state index contributed by atoms with van der Waals surface area (Å²) in [5, 5.41) is 0.573. The summed E-state index contributed by atoms with van der Waals surface area (Å²) >= 11 is 6.38. The van der Waals surface area contributed by atoms with Crippen molar-refractivity contribution < 1.29 is 4.74 Å². The van der Waals surface area contributed by atoms with Gasteiger partial charge in [-0.2, -0.15) is 0 Å². The average molecular weight is 335 g/mol. The third-order valence-electron chi connectivity index (χ3n) is 3.83. The van der Waals surface area contributed by atoms with E-state index in [1.54, 1.807) is 0 Å². The van der Waals surface area contributed by atoms with Gasteiger partial charge in [-0.25, -0.2) is 4.98 Å². The van der Waals surface area contributed by atoms with E-state index in [4.69, 9.17) is 16.3 Å². The molecule has 0 spiro atoms. The summed E-state index contributed by atoms with van der Waals surface area (Å²) in [6, 6.07) is 23.7. The lowest BCUT2D eigenvalue weighted by Gasteiger charge is -2.09. The number of para-hydroxylation sites is 2. The van der Waals surface area contributed by atoms with Crippen molar-refractivity contribution in [3.8, 4) is 17.1 Å². The molecule has 0 aliphatic heterocycles. The minimum Gasteiger partial charge on any atom is -0.487 e. The average Bonchev–Trinajstić information content (AvgIpc) is 3.06. The molecule has 118 valence electrons. The second-order valence-corrected chi connectivity index (χ2v) is 5.93. The van der Waals surface area contributed by atoms with Crippen LogP contribution in [0.4, 0.5) is 0 Å². The first-order chi connectivity index (χ1) is 11.8. The zero-order chi connectivity index (χ0) is 16.4.